The number of thiazole rings is 1. The average molecular weight is 459 g/mol. The number of nitrogens with one attached hydrogen (secondary N) is 1. The van der Waals surface area contributed by atoms with Gasteiger partial charge in [0, 0.05) is 25.3 Å². The smallest absolute Gasteiger partial charge is 0.325 e. The summed E-state index contributed by atoms with van der Waals surface area (Å²) in [5, 5.41) is 4.83. The molecule has 4 amide bonds. The topological polar surface area (TPSA) is 109 Å². The second kappa shape index (κ2) is 9.47. The van der Waals surface area contributed by atoms with Gasteiger partial charge in [0.15, 0.2) is 5.13 Å². The number of carbonyl (C=O) groups is 4. The summed E-state index contributed by atoms with van der Waals surface area (Å²) in [7, 11) is 0. The van der Waals surface area contributed by atoms with Crippen LogP contribution in [0.25, 0.3) is 0 Å². The number of esters is 1. The number of imide groups is 1. The molecule has 1 aliphatic heterocycles. The molecule has 0 saturated carbocycles. The zero-order valence-corrected chi connectivity index (χ0v) is 19.3. The number of carbonyl (C=O) groups excluding carboxylic acids is 4. The highest BCUT2D eigenvalue weighted by molar-refractivity contribution is 7.14. The molecular formula is C22H26N4O5S. The Morgan fingerprint density at radius 2 is 2.03 bits per heavy atom. The van der Waals surface area contributed by atoms with Crippen LogP contribution in [0.1, 0.15) is 44.9 Å². The van der Waals surface area contributed by atoms with Gasteiger partial charge in [-0.25, -0.2) is 9.78 Å². The molecule has 2 aromatic rings. The van der Waals surface area contributed by atoms with Gasteiger partial charge in [0.05, 0.1) is 11.4 Å². The van der Waals surface area contributed by atoms with E-state index in [0.717, 1.165) is 16.2 Å². The third kappa shape index (κ3) is 5.31. The molecule has 0 atom stereocenters. The highest BCUT2D eigenvalue weighted by Crippen LogP contribution is 2.29. The monoisotopic (exact) mass is 458 g/mol. The Labute approximate surface area is 190 Å². The summed E-state index contributed by atoms with van der Waals surface area (Å²) in [4.78, 5) is 55.3. The fraction of sp³-hybridized carbons (Fsp3) is 0.409. The predicted octanol–water partition coefficient (Wildman–Crippen LogP) is 3.29. The number of rotatable bonds is 8. The van der Waals surface area contributed by atoms with E-state index in [1.165, 1.54) is 23.2 Å². The van der Waals surface area contributed by atoms with E-state index in [-0.39, 0.29) is 31.4 Å². The van der Waals surface area contributed by atoms with Gasteiger partial charge in [0.1, 0.15) is 12.1 Å². The summed E-state index contributed by atoms with van der Waals surface area (Å²) >= 11 is 1.29. The van der Waals surface area contributed by atoms with E-state index < -0.39 is 17.5 Å². The quantitative estimate of drug-likeness (QED) is 0.480. The van der Waals surface area contributed by atoms with Gasteiger partial charge in [-0.2, -0.15) is 0 Å². The van der Waals surface area contributed by atoms with Crippen LogP contribution >= 0.6 is 11.3 Å². The minimum atomic E-state index is -0.924. The number of hydrogen-bond acceptors (Lipinski definition) is 7. The van der Waals surface area contributed by atoms with Crippen LogP contribution in [0.3, 0.4) is 0 Å². The lowest BCUT2D eigenvalue weighted by molar-refractivity contribution is -0.145. The third-order valence-corrected chi connectivity index (χ3v) is 5.77. The number of ether oxygens (including phenoxy) is 1. The molecule has 10 heteroatoms. The Hall–Kier alpha value is -3.27. The van der Waals surface area contributed by atoms with Gasteiger partial charge in [0.25, 0.3) is 5.91 Å². The number of benzene rings is 1. The number of aromatic nitrogens is 1. The highest BCUT2D eigenvalue weighted by Gasteiger charge is 2.43. The van der Waals surface area contributed by atoms with Crippen LogP contribution in [-0.4, -0.2) is 45.8 Å². The van der Waals surface area contributed by atoms with Crippen LogP contribution in [0.2, 0.25) is 0 Å². The summed E-state index contributed by atoms with van der Waals surface area (Å²) in [5.74, 6) is -0.931. The van der Waals surface area contributed by atoms with Crippen molar-refractivity contribution in [3.05, 3.63) is 40.9 Å². The van der Waals surface area contributed by atoms with Crippen LogP contribution < -0.4 is 10.2 Å². The molecule has 1 aromatic carbocycles. The standard InChI is InChI=1S/C22H26N4O5S/c1-14-7-5-8-17(11-14)26(15(2)27)21-23-16(13-32-21)12-31-18(28)9-6-10-25-19(29)22(3,4)24-20(25)30/h5,7-8,11,13H,6,9-10,12H2,1-4H3,(H,24,30). The summed E-state index contributed by atoms with van der Waals surface area (Å²) in [6, 6.07) is 7.10. The molecule has 2 heterocycles. The van der Waals surface area contributed by atoms with Gasteiger partial charge >= 0.3 is 12.0 Å². The van der Waals surface area contributed by atoms with E-state index in [1.807, 2.05) is 31.2 Å². The Kier molecular flexibility index (Phi) is 6.93. The molecule has 3 rings (SSSR count). The zero-order valence-electron chi connectivity index (χ0n) is 18.5. The van der Waals surface area contributed by atoms with E-state index in [9.17, 15) is 19.2 Å². The molecule has 1 aliphatic rings. The van der Waals surface area contributed by atoms with Gasteiger partial charge in [-0.15, -0.1) is 11.3 Å². The summed E-state index contributed by atoms with van der Waals surface area (Å²) in [6.45, 7) is 6.81. The Morgan fingerprint density at radius 3 is 2.66 bits per heavy atom. The lowest BCUT2D eigenvalue weighted by atomic mass is 10.1. The third-order valence-electron chi connectivity index (χ3n) is 4.89. The van der Waals surface area contributed by atoms with Crippen molar-refractivity contribution in [1.29, 1.82) is 0 Å². The van der Waals surface area contributed by atoms with Gasteiger partial charge in [-0.05, 0) is 44.9 Å². The van der Waals surface area contributed by atoms with E-state index in [4.69, 9.17) is 4.74 Å². The molecule has 0 radical (unpaired) electrons. The summed E-state index contributed by atoms with van der Waals surface area (Å²) in [6.07, 6.45) is 0.374. The van der Waals surface area contributed by atoms with E-state index in [1.54, 1.807) is 19.2 Å². The van der Waals surface area contributed by atoms with E-state index in [2.05, 4.69) is 10.3 Å². The zero-order chi connectivity index (χ0) is 23.5. The first-order chi connectivity index (χ1) is 15.1. The molecule has 0 bridgehead atoms. The minimum absolute atomic E-state index is 0.0228. The first-order valence-corrected chi connectivity index (χ1v) is 11.1. The SMILES string of the molecule is CC(=O)N(c1cccc(C)c1)c1nc(COC(=O)CCCN2C(=O)NC(C)(C)C2=O)cs1. The molecule has 0 unspecified atom stereocenters. The van der Waals surface area contributed by atoms with E-state index in [0.29, 0.717) is 17.2 Å². The molecule has 1 aromatic heterocycles. The average Bonchev–Trinajstić information content (AvgIpc) is 3.24. The second-order valence-electron chi connectivity index (χ2n) is 8.09. The number of anilines is 2. The first-order valence-electron chi connectivity index (χ1n) is 10.2. The van der Waals surface area contributed by atoms with Crippen molar-refractivity contribution in [2.75, 3.05) is 11.4 Å². The fourth-order valence-corrected chi connectivity index (χ4v) is 4.16. The van der Waals surface area contributed by atoms with Crippen LogP contribution in [0.4, 0.5) is 15.6 Å². The number of hydrogen-bond donors (Lipinski definition) is 1. The van der Waals surface area contributed by atoms with Crippen LogP contribution in [0.5, 0.6) is 0 Å². The number of urea groups is 1. The fourth-order valence-electron chi connectivity index (χ4n) is 3.29. The van der Waals surface area contributed by atoms with Crippen molar-refractivity contribution in [3.8, 4) is 0 Å². The normalized spacial score (nSPS) is 14.9. The molecule has 9 nitrogen and oxygen atoms in total. The molecule has 1 fully saturated rings. The molecule has 170 valence electrons. The lowest BCUT2D eigenvalue weighted by Crippen LogP contribution is -2.40. The molecule has 0 aliphatic carbocycles. The predicted molar refractivity (Wildman–Crippen MR) is 119 cm³/mol. The van der Waals surface area contributed by atoms with Crippen molar-refractivity contribution < 1.29 is 23.9 Å². The van der Waals surface area contributed by atoms with Crippen molar-refractivity contribution in [3.63, 3.8) is 0 Å². The minimum Gasteiger partial charge on any atom is -0.459 e. The maximum atomic E-state index is 12.2. The first kappa shape index (κ1) is 23.4. The maximum Gasteiger partial charge on any atom is 0.325 e. The van der Waals surface area contributed by atoms with Gasteiger partial charge in [-0.3, -0.25) is 24.2 Å². The molecular weight excluding hydrogens is 432 g/mol. The van der Waals surface area contributed by atoms with Crippen molar-refractivity contribution >= 4 is 46.0 Å². The molecule has 1 N–H and O–H groups in total. The Morgan fingerprint density at radius 1 is 1.28 bits per heavy atom. The largest absolute Gasteiger partial charge is 0.459 e. The highest BCUT2D eigenvalue weighted by atomic mass is 32.1. The van der Waals surface area contributed by atoms with Crippen molar-refractivity contribution in [2.45, 2.75) is 52.7 Å². The second-order valence-corrected chi connectivity index (χ2v) is 8.93. The molecule has 32 heavy (non-hydrogen) atoms. The molecule has 1 saturated heterocycles. The number of aryl methyl sites for hydroxylation is 1. The number of nitrogens with zero attached hydrogens (tertiary/aromatic N) is 3. The lowest BCUT2D eigenvalue weighted by Gasteiger charge is -2.18. The van der Waals surface area contributed by atoms with Gasteiger partial charge in [0.2, 0.25) is 5.91 Å². The number of amides is 4. The van der Waals surface area contributed by atoms with Crippen LogP contribution in [0, 0.1) is 6.92 Å². The molecule has 0 spiro atoms. The van der Waals surface area contributed by atoms with Crippen LogP contribution in [-0.2, 0) is 25.7 Å². The van der Waals surface area contributed by atoms with Gasteiger partial charge in [-0.1, -0.05) is 12.1 Å². The summed E-state index contributed by atoms with van der Waals surface area (Å²) in [5.41, 5.74) is 1.36. The Bertz CT molecular complexity index is 1050. The van der Waals surface area contributed by atoms with Crippen molar-refractivity contribution in [2.24, 2.45) is 0 Å². The van der Waals surface area contributed by atoms with E-state index >= 15 is 0 Å². The maximum absolute atomic E-state index is 12.2. The Balaban J connectivity index is 1.51. The summed E-state index contributed by atoms with van der Waals surface area (Å²) < 4.78 is 5.26. The van der Waals surface area contributed by atoms with Gasteiger partial charge < -0.3 is 10.1 Å². The van der Waals surface area contributed by atoms with Crippen LogP contribution in [0.15, 0.2) is 29.6 Å². The van der Waals surface area contributed by atoms with Crippen molar-refractivity contribution in [1.82, 2.24) is 15.2 Å².